The molecule has 0 radical (unpaired) electrons. The molecule has 2 saturated heterocycles. The number of carbonyl (C=O) groups excluding carboxylic acids is 2. The third-order valence-electron chi connectivity index (χ3n) is 7.33. The van der Waals surface area contributed by atoms with Crippen LogP contribution in [0.1, 0.15) is 36.0 Å². The van der Waals surface area contributed by atoms with Crippen molar-refractivity contribution < 1.29 is 24.2 Å². The zero-order valence-electron chi connectivity index (χ0n) is 20.0. The van der Waals surface area contributed by atoms with Crippen molar-refractivity contribution in [1.29, 1.82) is 0 Å². The molecular formula is C28H34N2O5. The van der Waals surface area contributed by atoms with Crippen molar-refractivity contribution in [3.8, 4) is 0 Å². The quantitative estimate of drug-likeness (QED) is 0.687. The molecule has 0 spiro atoms. The summed E-state index contributed by atoms with van der Waals surface area (Å²) in [6.45, 7) is 0.686. The van der Waals surface area contributed by atoms with Gasteiger partial charge in [-0.1, -0.05) is 54.6 Å². The van der Waals surface area contributed by atoms with Crippen LogP contribution in [0.4, 0.5) is 0 Å². The van der Waals surface area contributed by atoms with E-state index in [0.717, 1.165) is 18.4 Å². The maximum Gasteiger partial charge on any atom is 0.227 e. The number of amides is 2. The first kappa shape index (κ1) is 24.0. The summed E-state index contributed by atoms with van der Waals surface area (Å²) in [6.07, 6.45) is 2.47. The van der Waals surface area contributed by atoms with Gasteiger partial charge in [0.05, 0.1) is 44.3 Å². The van der Waals surface area contributed by atoms with Crippen molar-refractivity contribution in [2.24, 2.45) is 0 Å². The van der Waals surface area contributed by atoms with E-state index in [-0.39, 0.29) is 55.7 Å². The lowest BCUT2D eigenvalue weighted by Gasteiger charge is -2.44. The molecule has 2 aromatic rings. The highest BCUT2D eigenvalue weighted by atomic mass is 16.5. The number of hydrogen-bond acceptors (Lipinski definition) is 5. The summed E-state index contributed by atoms with van der Waals surface area (Å²) >= 11 is 0. The predicted octanol–water partition coefficient (Wildman–Crippen LogP) is 2.04. The maximum atomic E-state index is 13.2. The molecule has 5 rings (SSSR count). The Labute approximate surface area is 206 Å². The van der Waals surface area contributed by atoms with E-state index < -0.39 is 6.10 Å². The minimum atomic E-state index is -0.727. The van der Waals surface area contributed by atoms with Crippen molar-refractivity contribution in [2.45, 2.75) is 68.9 Å². The van der Waals surface area contributed by atoms with Gasteiger partial charge in [0.2, 0.25) is 11.8 Å². The SMILES string of the molecule is O=C(C[C@H]1CC[C@H]2[C@@H](COC[C@H](O)CN2C(=O)Cc2ccccc2)O1)NC1Cc2ccccc2C1. The first-order chi connectivity index (χ1) is 17.0. The van der Waals surface area contributed by atoms with Crippen LogP contribution in [0.15, 0.2) is 54.6 Å². The fourth-order valence-corrected chi connectivity index (χ4v) is 5.65. The topological polar surface area (TPSA) is 88.1 Å². The smallest absolute Gasteiger partial charge is 0.227 e. The predicted molar refractivity (Wildman–Crippen MR) is 131 cm³/mol. The second kappa shape index (κ2) is 10.9. The minimum absolute atomic E-state index is 0.00505. The Morgan fingerprint density at radius 1 is 0.971 bits per heavy atom. The summed E-state index contributed by atoms with van der Waals surface area (Å²) in [5.74, 6) is -0.0156. The van der Waals surface area contributed by atoms with E-state index in [0.29, 0.717) is 25.9 Å². The standard InChI is InChI=1S/C28H34N2O5/c31-23-16-30(28(33)12-19-6-2-1-3-7-19)25-11-10-24(35-26(25)18-34-17-23)15-27(32)29-22-13-20-8-4-5-9-21(20)14-22/h1-9,22-26,31H,10-18H2,(H,29,32)/t23-,24-,25+,26-/m1/s1. The first-order valence-corrected chi connectivity index (χ1v) is 12.7. The molecule has 2 heterocycles. The third kappa shape index (κ3) is 5.92. The molecule has 186 valence electrons. The van der Waals surface area contributed by atoms with Crippen molar-refractivity contribution in [1.82, 2.24) is 10.2 Å². The fourth-order valence-electron chi connectivity index (χ4n) is 5.65. The minimum Gasteiger partial charge on any atom is -0.389 e. The summed E-state index contributed by atoms with van der Waals surface area (Å²) in [6, 6.07) is 17.9. The van der Waals surface area contributed by atoms with Gasteiger partial charge in [0.1, 0.15) is 6.10 Å². The van der Waals surface area contributed by atoms with Gasteiger partial charge in [0.15, 0.2) is 0 Å². The van der Waals surface area contributed by atoms with Crippen LogP contribution in [0.25, 0.3) is 0 Å². The number of ether oxygens (including phenoxy) is 2. The summed E-state index contributed by atoms with van der Waals surface area (Å²) < 4.78 is 12.0. The van der Waals surface area contributed by atoms with E-state index >= 15 is 0 Å². The van der Waals surface area contributed by atoms with Crippen molar-refractivity contribution in [3.05, 3.63) is 71.3 Å². The average molecular weight is 479 g/mol. The Hall–Kier alpha value is -2.74. The van der Waals surface area contributed by atoms with Gasteiger partial charge >= 0.3 is 0 Å². The first-order valence-electron chi connectivity index (χ1n) is 12.7. The van der Waals surface area contributed by atoms with Gasteiger partial charge in [-0.25, -0.2) is 0 Å². The third-order valence-corrected chi connectivity index (χ3v) is 7.33. The van der Waals surface area contributed by atoms with E-state index in [4.69, 9.17) is 9.47 Å². The number of hydrogen-bond donors (Lipinski definition) is 2. The van der Waals surface area contributed by atoms with Crippen molar-refractivity contribution in [2.75, 3.05) is 19.8 Å². The monoisotopic (exact) mass is 478 g/mol. The van der Waals surface area contributed by atoms with Gasteiger partial charge in [0, 0.05) is 12.6 Å². The molecular weight excluding hydrogens is 444 g/mol. The van der Waals surface area contributed by atoms with Crippen LogP contribution in [0.2, 0.25) is 0 Å². The highest BCUT2D eigenvalue weighted by Gasteiger charge is 2.40. The Morgan fingerprint density at radius 2 is 1.69 bits per heavy atom. The molecule has 0 aromatic heterocycles. The Balaban J connectivity index is 1.18. The number of carbonyl (C=O) groups is 2. The van der Waals surface area contributed by atoms with Crippen LogP contribution in [0, 0.1) is 0 Å². The van der Waals surface area contributed by atoms with E-state index in [1.807, 2.05) is 42.5 Å². The van der Waals surface area contributed by atoms with Gasteiger partial charge in [-0.05, 0) is 42.4 Å². The molecule has 35 heavy (non-hydrogen) atoms. The molecule has 0 unspecified atom stereocenters. The molecule has 0 bridgehead atoms. The molecule has 0 saturated carbocycles. The lowest BCUT2D eigenvalue weighted by molar-refractivity contribution is -0.169. The van der Waals surface area contributed by atoms with Gasteiger partial charge in [-0.3, -0.25) is 9.59 Å². The van der Waals surface area contributed by atoms with Crippen LogP contribution < -0.4 is 5.32 Å². The Morgan fingerprint density at radius 3 is 2.43 bits per heavy atom. The number of rotatable bonds is 5. The van der Waals surface area contributed by atoms with Gasteiger partial charge in [-0.2, -0.15) is 0 Å². The van der Waals surface area contributed by atoms with Crippen LogP contribution >= 0.6 is 0 Å². The molecule has 2 aromatic carbocycles. The molecule has 7 nitrogen and oxygen atoms in total. The van der Waals surface area contributed by atoms with Gasteiger partial charge in [0.25, 0.3) is 0 Å². The zero-order chi connectivity index (χ0) is 24.2. The molecule has 2 N–H and O–H groups in total. The molecule has 3 aliphatic rings. The van der Waals surface area contributed by atoms with Crippen LogP contribution in [0.3, 0.4) is 0 Å². The zero-order valence-corrected chi connectivity index (χ0v) is 20.0. The molecule has 4 atom stereocenters. The lowest BCUT2D eigenvalue weighted by Crippen LogP contribution is -2.58. The molecule has 2 amide bonds. The van der Waals surface area contributed by atoms with Crippen LogP contribution in [-0.2, 0) is 38.3 Å². The van der Waals surface area contributed by atoms with E-state index in [9.17, 15) is 14.7 Å². The summed E-state index contributed by atoms with van der Waals surface area (Å²) in [5.41, 5.74) is 3.56. The highest BCUT2D eigenvalue weighted by Crippen LogP contribution is 2.29. The molecule has 1 aliphatic carbocycles. The Kier molecular flexibility index (Phi) is 7.46. The Bertz CT molecular complexity index is 1000. The lowest BCUT2D eigenvalue weighted by atomic mass is 9.94. The largest absolute Gasteiger partial charge is 0.389 e. The second-order valence-corrected chi connectivity index (χ2v) is 9.99. The number of aliphatic hydroxyl groups excluding tert-OH is 1. The molecule has 2 fully saturated rings. The number of nitrogens with zero attached hydrogens (tertiary/aromatic N) is 1. The summed E-state index contributed by atoms with van der Waals surface area (Å²) in [4.78, 5) is 27.8. The second-order valence-electron chi connectivity index (χ2n) is 9.99. The summed E-state index contributed by atoms with van der Waals surface area (Å²) in [7, 11) is 0. The van der Waals surface area contributed by atoms with Crippen LogP contribution in [-0.4, -0.2) is 72.0 Å². The molecule has 7 heteroatoms. The maximum absolute atomic E-state index is 13.2. The summed E-state index contributed by atoms with van der Waals surface area (Å²) in [5, 5.41) is 13.5. The average Bonchev–Trinajstić information content (AvgIpc) is 3.24. The van der Waals surface area contributed by atoms with Gasteiger partial charge < -0.3 is 24.8 Å². The van der Waals surface area contributed by atoms with Crippen molar-refractivity contribution in [3.63, 3.8) is 0 Å². The normalized spacial score (nSPS) is 26.8. The number of β-amino-alcohol motifs (C(OH)–C–C–N with tert-alkyl or cyclic N) is 1. The molecule has 2 aliphatic heterocycles. The van der Waals surface area contributed by atoms with Gasteiger partial charge in [-0.15, -0.1) is 0 Å². The number of nitrogens with one attached hydrogen (secondary N) is 1. The van der Waals surface area contributed by atoms with Crippen molar-refractivity contribution >= 4 is 11.8 Å². The highest BCUT2D eigenvalue weighted by molar-refractivity contribution is 5.79. The van der Waals surface area contributed by atoms with E-state index in [1.54, 1.807) is 4.90 Å². The van der Waals surface area contributed by atoms with Crippen LogP contribution in [0.5, 0.6) is 0 Å². The number of aliphatic hydroxyl groups is 1. The number of benzene rings is 2. The van der Waals surface area contributed by atoms with E-state index in [1.165, 1.54) is 11.1 Å². The number of fused-ring (bicyclic) bond motifs is 2. The fraction of sp³-hybridized carbons (Fsp3) is 0.500. The van der Waals surface area contributed by atoms with E-state index in [2.05, 4.69) is 17.4 Å².